The summed E-state index contributed by atoms with van der Waals surface area (Å²) in [5, 5.41) is 18.5. The number of hydrogen-bond donors (Lipinski definition) is 2. The summed E-state index contributed by atoms with van der Waals surface area (Å²) in [6.07, 6.45) is 0. The Morgan fingerprint density at radius 2 is 0.509 bits per heavy atom. The molecule has 0 unspecified atom stereocenters. The van der Waals surface area contributed by atoms with Crippen molar-refractivity contribution in [3.8, 4) is 136 Å². The fraction of sp³-hybridized carbons (Fsp3) is 0.104. The normalized spacial score (nSPS) is 12.4. The van der Waals surface area contributed by atoms with E-state index in [0.29, 0.717) is 45.4 Å². The summed E-state index contributed by atoms with van der Waals surface area (Å²) >= 11 is 9.69. The molecule has 1 aliphatic rings. The van der Waals surface area contributed by atoms with Crippen molar-refractivity contribution in [3.63, 3.8) is 0 Å². The van der Waals surface area contributed by atoms with E-state index in [1.807, 2.05) is 252 Å². The molecule has 558 valence electrons. The molecule has 16 aromatic rings. The molecule has 0 amide bonds. The standard InChI is InChI=1S/C45H33N5.C21H13BrClN3.C18H23BN2O2.C12H11BO2/c1-30-26-31(2)47-42(46-30)38-24-22-35(23-25-38)40-27-39(34-20-18-33(19-21-34)32-12-6-3-7-13-32)28-41(29-40)45-49-43(36-14-8-4-9-15-36)48-44(50-45)37-16-10-5-11-17-37;22-17-11-16(12-18(23)13-17)21-25-19(14-7-3-1-4-8-14)24-20(26-21)15-9-5-2-6-10-15;1-12-11-13(2)21-16(20-12)14-7-9-15(10-8-14)19-22-17(3,4)18(5,6)23-19;14-13(15)12-8-6-11(7-9-12)10-4-2-1-3-5-10/h3-29H,1-2H3;1-13H;7-11H,1-6H3;1-9,14-15H. The Hall–Kier alpha value is -12.4. The molecule has 12 aromatic carbocycles. The zero-order valence-electron chi connectivity index (χ0n) is 64.3. The van der Waals surface area contributed by atoms with Crippen molar-refractivity contribution in [2.75, 3.05) is 0 Å². The summed E-state index contributed by atoms with van der Waals surface area (Å²) in [4.78, 5) is 47.4. The maximum atomic E-state index is 8.94. The lowest BCUT2D eigenvalue weighted by molar-refractivity contribution is 0.00578. The number of benzene rings is 12. The molecular formula is C96H80B2BrClN10O4. The Kier molecular flexibility index (Phi) is 24.4. The van der Waals surface area contributed by atoms with Crippen LogP contribution in [0.4, 0.5) is 0 Å². The number of aryl methyl sites for hydroxylation is 4. The molecule has 4 aromatic heterocycles. The van der Waals surface area contributed by atoms with E-state index in [1.165, 1.54) is 11.1 Å². The second-order valence-corrected chi connectivity index (χ2v) is 29.9. The Balaban J connectivity index is 0.000000140. The third-order valence-corrected chi connectivity index (χ3v) is 20.2. The second-order valence-electron chi connectivity index (χ2n) is 28.6. The van der Waals surface area contributed by atoms with Gasteiger partial charge in [0.2, 0.25) is 0 Å². The number of rotatable bonds is 14. The van der Waals surface area contributed by atoms with E-state index in [2.05, 4.69) is 170 Å². The zero-order chi connectivity index (χ0) is 79.3. The van der Waals surface area contributed by atoms with Crippen molar-refractivity contribution < 1.29 is 19.4 Å². The predicted molar refractivity (Wildman–Crippen MR) is 466 cm³/mol. The van der Waals surface area contributed by atoms with Gasteiger partial charge < -0.3 is 19.4 Å². The predicted octanol–water partition coefficient (Wildman–Crippen LogP) is 21.3. The van der Waals surface area contributed by atoms with Crippen LogP contribution >= 0.6 is 27.5 Å². The molecule has 14 nitrogen and oxygen atoms in total. The molecule has 1 fully saturated rings. The van der Waals surface area contributed by atoms with Crippen LogP contribution in [0.1, 0.15) is 50.5 Å². The average molecular weight is 1570 g/mol. The van der Waals surface area contributed by atoms with Gasteiger partial charge in [0.15, 0.2) is 46.6 Å². The van der Waals surface area contributed by atoms with E-state index in [1.54, 1.807) is 12.1 Å². The summed E-state index contributed by atoms with van der Waals surface area (Å²) in [7, 11) is -1.73. The van der Waals surface area contributed by atoms with E-state index in [4.69, 9.17) is 45.9 Å². The van der Waals surface area contributed by atoms with Crippen molar-refractivity contribution in [3.05, 3.63) is 360 Å². The smallest absolute Gasteiger partial charge is 0.423 e. The highest BCUT2D eigenvalue weighted by atomic mass is 79.9. The quantitative estimate of drug-likeness (QED) is 0.0979. The molecular weight excluding hydrogens is 1490 g/mol. The van der Waals surface area contributed by atoms with Gasteiger partial charge in [0, 0.05) is 76.8 Å². The van der Waals surface area contributed by atoms with Crippen molar-refractivity contribution in [1.82, 2.24) is 49.8 Å². The Morgan fingerprint density at radius 3 is 0.825 bits per heavy atom. The zero-order valence-corrected chi connectivity index (χ0v) is 66.6. The molecule has 18 heteroatoms. The van der Waals surface area contributed by atoms with Crippen LogP contribution in [0, 0.1) is 27.7 Å². The highest BCUT2D eigenvalue weighted by Crippen LogP contribution is 2.39. The van der Waals surface area contributed by atoms with Gasteiger partial charge in [0.05, 0.1) is 11.2 Å². The van der Waals surface area contributed by atoms with Gasteiger partial charge in [-0.1, -0.05) is 307 Å². The first-order chi connectivity index (χ1) is 55.2. The molecule has 2 N–H and O–H groups in total. The molecule has 0 aliphatic carbocycles. The molecule has 114 heavy (non-hydrogen) atoms. The van der Waals surface area contributed by atoms with Gasteiger partial charge in [-0.25, -0.2) is 49.8 Å². The van der Waals surface area contributed by atoms with Crippen LogP contribution in [0.15, 0.2) is 332 Å². The van der Waals surface area contributed by atoms with E-state index in [9.17, 15) is 0 Å². The van der Waals surface area contributed by atoms with E-state index in [0.717, 1.165) is 122 Å². The van der Waals surface area contributed by atoms with Crippen molar-refractivity contribution in [2.45, 2.75) is 66.6 Å². The minimum Gasteiger partial charge on any atom is -0.423 e. The number of aromatic nitrogens is 10. The molecule has 0 saturated carbocycles. The third kappa shape index (κ3) is 19.5. The molecule has 0 atom stereocenters. The fourth-order valence-corrected chi connectivity index (χ4v) is 13.8. The summed E-state index contributed by atoms with van der Waals surface area (Å²) in [5.74, 6) is 5.20. The summed E-state index contributed by atoms with van der Waals surface area (Å²) in [6, 6.07) is 109. The first kappa shape index (κ1) is 78.3. The van der Waals surface area contributed by atoms with Crippen LogP contribution in [-0.4, -0.2) is 85.3 Å². The average Bonchev–Trinajstić information content (AvgIpc) is 1.71. The minimum atomic E-state index is -1.39. The van der Waals surface area contributed by atoms with Crippen LogP contribution in [-0.2, 0) is 9.31 Å². The van der Waals surface area contributed by atoms with Gasteiger partial charge in [-0.3, -0.25) is 0 Å². The van der Waals surface area contributed by atoms with Gasteiger partial charge in [-0.15, -0.1) is 0 Å². The van der Waals surface area contributed by atoms with Gasteiger partial charge in [-0.05, 0) is 159 Å². The lowest BCUT2D eigenvalue weighted by atomic mass is 9.79. The van der Waals surface area contributed by atoms with Crippen LogP contribution in [0.25, 0.3) is 136 Å². The minimum absolute atomic E-state index is 0.326. The Labute approximate surface area is 679 Å². The van der Waals surface area contributed by atoms with Crippen LogP contribution in [0.2, 0.25) is 5.02 Å². The number of nitrogens with zero attached hydrogens (tertiary/aromatic N) is 10. The van der Waals surface area contributed by atoms with E-state index < -0.39 is 7.12 Å². The van der Waals surface area contributed by atoms with Crippen molar-refractivity contribution in [1.29, 1.82) is 0 Å². The Bertz CT molecular complexity index is 5760. The SMILES string of the molecule is Cc1cc(C)nc(-c2ccc(-c3cc(-c4ccc(-c5ccccc5)cc4)cc(-c4nc(-c5ccccc5)nc(-c5ccccc5)n4)c3)cc2)n1.Cc1cc(C)nc(-c2ccc(B3OC(C)(C)C(C)(C)O3)cc2)n1.Clc1cc(Br)cc(-c2nc(-c3ccccc3)nc(-c3ccccc3)n2)c1.OB(O)c1ccc(-c2ccccc2)cc1. The third-order valence-electron chi connectivity index (χ3n) is 19.5. The molecule has 1 aliphatic heterocycles. The summed E-state index contributed by atoms with van der Waals surface area (Å²) < 4.78 is 13.0. The lowest BCUT2D eigenvalue weighted by Crippen LogP contribution is -2.41. The van der Waals surface area contributed by atoms with Crippen molar-refractivity contribution in [2.24, 2.45) is 0 Å². The molecule has 0 spiro atoms. The number of hydrogen-bond acceptors (Lipinski definition) is 14. The van der Waals surface area contributed by atoms with Crippen LogP contribution in [0.3, 0.4) is 0 Å². The largest absolute Gasteiger partial charge is 0.494 e. The molecule has 0 bridgehead atoms. The van der Waals surface area contributed by atoms with Gasteiger partial charge in [0.1, 0.15) is 0 Å². The van der Waals surface area contributed by atoms with Gasteiger partial charge >= 0.3 is 14.2 Å². The maximum absolute atomic E-state index is 8.94. The summed E-state index contributed by atoms with van der Waals surface area (Å²) in [6.45, 7) is 16.2. The van der Waals surface area contributed by atoms with Crippen LogP contribution < -0.4 is 10.9 Å². The first-order valence-electron chi connectivity index (χ1n) is 37.4. The monoisotopic (exact) mass is 1570 g/mol. The highest BCUT2D eigenvalue weighted by molar-refractivity contribution is 9.10. The Morgan fingerprint density at radius 1 is 0.272 bits per heavy atom. The molecule has 5 heterocycles. The van der Waals surface area contributed by atoms with E-state index in [-0.39, 0.29) is 18.3 Å². The molecule has 0 radical (unpaired) electrons. The highest BCUT2D eigenvalue weighted by Gasteiger charge is 2.51. The first-order valence-corrected chi connectivity index (χ1v) is 38.6. The second kappa shape index (κ2) is 35.5. The van der Waals surface area contributed by atoms with Crippen molar-refractivity contribution >= 4 is 52.7 Å². The van der Waals surface area contributed by atoms with Crippen LogP contribution in [0.5, 0.6) is 0 Å². The van der Waals surface area contributed by atoms with Gasteiger partial charge in [0.25, 0.3) is 0 Å². The van der Waals surface area contributed by atoms with Gasteiger partial charge in [-0.2, -0.15) is 0 Å². The fourth-order valence-electron chi connectivity index (χ4n) is 12.9. The molecule has 1 saturated heterocycles. The lowest BCUT2D eigenvalue weighted by Gasteiger charge is -2.32. The summed E-state index contributed by atoms with van der Waals surface area (Å²) in [5.41, 5.74) is 21.0. The topological polar surface area (TPSA) is 188 Å². The maximum Gasteiger partial charge on any atom is 0.494 e. The molecule has 17 rings (SSSR count). The van der Waals surface area contributed by atoms with E-state index >= 15 is 0 Å². The number of halogens is 2.